The third-order valence-electron chi connectivity index (χ3n) is 2.29. The molecule has 0 radical (unpaired) electrons. The summed E-state index contributed by atoms with van der Waals surface area (Å²) >= 11 is 4.63. The first-order chi connectivity index (χ1) is 8.70. The van der Waals surface area contributed by atoms with Crippen molar-refractivity contribution in [3.8, 4) is 10.4 Å². The lowest BCUT2D eigenvalue weighted by molar-refractivity contribution is 0.211. The van der Waals surface area contributed by atoms with E-state index in [1.807, 2.05) is 6.07 Å². The van der Waals surface area contributed by atoms with Gasteiger partial charge in [-0.15, -0.1) is 0 Å². The van der Waals surface area contributed by atoms with Gasteiger partial charge in [-0.1, -0.05) is 17.4 Å². The van der Waals surface area contributed by atoms with E-state index in [4.69, 9.17) is 4.74 Å². The Morgan fingerprint density at radius 2 is 2.33 bits per heavy atom. The van der Waals surface area contributed by atoms with Gasteiger partial charge in [-0.25, -0.2) is 9.37 Å². The Balaban J connectivity index is 2.11. The molecule has 2 aromatic rings. The van der Waals surface area contributed by atoms with E-state index in [1.165, 1.54) is 17.4 Å². The van der Waals surface area contributed by atoms with Crippen LogP contribution in [0.25, 0.3) is 10.4 Å². The van der Waals surface area contributed by atoms with Gasteiger partial charge < -0.3 is 10.1 Å². The minimum absolute atomic E-state index is 0.269. The summed E-state index contributed by atoms with van der Waals surface area (Å²) in [5.74, 6) is -0.269. The summed E-state index contributed by atoms with van der Waals surface area (Å²) in [6.07, 6.45) is 1.74. The Kier molecular flexibility index (Phi) is 4.68. The smallest absolute Gasteiger partial charge is 0.183 e. The van der Waals surface area contributed by atoms with Gasteiger partial charge >= 0.3 is 0 Å². The van der Waals surface area contributed by atoms with E-state index in [0.717, 1.165) is 15.6 Å². The van der Waals surface area contributed by atoms with Gasteiger partial charge in [0.25, 0.3) is 0 Å². The Bertz CT molecular complexity index is 533. The number of nitrogens with one attached hydrogen (secondary N) is 1. The zero-order chi connectivity index (χ0) is 13.0. The zero-order valence-corrected chi connectivity index (χ0v) is 12.1. The van der Waals surface area contributed by atoms with Crippen molar-refractivity contribution in [2.24, 2.45) is 0 Å². The zero-order valence-electron chi connectivity index (χ0n) is 9.74. The molecule has 0 aliphatic heterocycles. The number of aromatic nitrogens is 1. The molecule has 3 nitrogen and oxygen atoms in total. The van der Waals surface area contributed by atoms with Gasteiger partial charge in [0.05, 0.1) is 16.0 Å². The lowest BCUT2D eigenvalue weighted by Crippen LogP contribution is -2.06. The summed E-state index contributed by atoms with van der Waals surface area (Å²) in [5.41, 5.74) is 0.827. The van der Waals surface area contributed by atoms with Gasteiger partial charge in [0.15, 0.2) is 5.13 Å². The third kappa shape index (κ3) is 3.28. The molecule has 0 bridgehead atoms. The van der Waals surface area contributed by atoms with E-state index in [9.17, 15) is 4.39 Å². The van der Waals surface area contributed by atoms with Crippen LogP contribution in [-0.2, 0) is 4.74 Å². The number of thiazole rings is 1. The fraction of sp³-hybridized carbons (Fsp3) is 0.250. The van der Waals surface area contributed by atoms with E-state index in [2.05, 4.69) is 26.2 Å². The van der Waals surface area contributed by atoms with E-state index >= 15 is 0 Å². The van der Waals surface area contributed by atoms with Crippen LogP contribution < -0.4 is 5.32 Å². The van der Waals surface area contributed by atoms with Gasteiger partial charge in [0.2, 0.25) is 0 Å². The second-order valence-corrected chi connectivity index (χ2v) is 5.46. The molecule has 1 heterocycles. The maximum Gasteiger partial charge on any atom is 0.183 e. The number of anilines is 1. The number of hydrogen-bond donors (Lipinski definition) is 1. The van der Waals surface area contributed by atoms with Gasteiger partial charge in [-0.05, 0) is 33.6 Å². The summed E-state index contributed by atoms with van der Waals surface area (Å²) in [5, 5.41) is 3.95. The summed E-state index contributed by atoms with van der Waals surface area (Å²) in [6, 6.07) is 5.05. The summed E-state index contributed by atoms with van der Waals surface area (Å²) < 4.78 is 18.8. The van der Waals surface area contributed by atoms with Crippen LogP contribution in [0, 0.1) is 5.82 Å². The van der Waals surface area contributed by atoms with Crippen molar-refractivity contribution in [3.63, 3.8) is 0 Å². The minimum atomic E-state index is -0.269. The molecule has 1 N–H and O–H groups in total. The molecule has 0 fully saturated rings. The second kappa shape index (κ2) is 6.26. The number of nitrogens with zero attached hydrogens (tertiary/aromatic N) is 1. The van der Waals surface area contributed by atoms with E-state index in [0.29, 0.717) is 17.6 Å². The fourth-order valence-electron chi connectivity index (χ4n) is 1.40. The predicted molar refractivity (Wildman–Crippen MR) is 75.6 cm³/mol. The molecule has 0 unspecified atom stereocenters. The Hall–Kier alpha value is -0.980. The topological polar surface area (TPSA) is 34.1 Å². The van der Waals surface area contributed by atoms with Crippen molar-refractivity contribution in [2.75, 3.05) is 25.6 Å². The number of halogens is 2. The molecule has 6 heteroatoms. The molecule has 0 saturated carbocycles. The molecule has 2 rings (SSSR count). The number of ether oxygens (including phenoxy) is 1. The Morgan fingerprint density at radius 3 is 3.06 bits per heavy atom. The number of hydrogen-bond acceptors (Lipinski definition) is 4. The molecule has 0 spiro atoms. The average molecular weight is 331 g/mol. The van der Waals surface area contributed by atoms with Crippen LogP contribution in [0.15, 0.2) is 28.9 Å². The van der Waals surface area contributed by atoms with Crippen LogP contribution in [0.1, 0.15) is 0 Å². The van der Waals surface area contributed by atoms with E-state index < -0.39 is 0 Å². The highest BCUT2D eigenvalue weighted by Crippen LogP contribution is 2.30. The lowest BCUT2D eigenvalue weighted by Gasteiger charge is -2.00. The van der Waals surface area contributed by atoms with Crippen LogP contribution >= 0.6 is 27.3 Å². The standard InChI is InChI=1S/C12H12BrFN2OS/c1-17-5-4-15-12-16-7-11(18-12)8-2-3-9(13)10(14)6-8/h2-3,6-7H,4-5H2,1H3,(H,15,16). The van der Waals surface area contributed by atoms with Crippen molar-refractivity contribution >= 4 is 32.4 Å². The molecule has 0 amide bonds. The highest BCUT2D eigenvalue weighted by molar-refractivity contribution is 9.10. The molecule has 96 valence electrons. The van der Waals surface area contributed by atoms with Gasteiger partial charge in [-0.2, -0.15) is 0 Å². The highest BCUT2D eigenvalue weighted by atomic mass is 79.9. The molecule has 0 saturated heterocycles. The predicted octanol–water partition coefficient (Wildman–Crippen LogP) is 3.77. The first-order valence-corrected chi connectivity index (χ1v) is 6.95. The largest absolute Gasteiger partial charge is 0.383 e. The number of benzene rings is 1. The molecule has 1 aromatic carbocycles. The van der Waals surface area contributed by atoms with Crippen molar-refractivity contribution in [1.29, 1.82) is 0 Å². The number of methoxy groups -OCH3 is 1. The summed E-state index contributed by atoms with van der Waals surface area (Å²) in [6.45, 7) is 1.33. The van der Waals surface area contributed by atoms with Crippen LogP contribution in [0.2, 0.25) is 0 Å². The van der Waals surface area contributed by atoms with Crippen molar-refractivity contribution in [1.82, 2.24) is 4.98 Å². The van der Waals surface area contributed by atoms with Crippen molar-refractivity contribution in [2.45, 2.75) is 0 Å². The normalized spacial score (nSPS) is 10.6. The molecule has 0 atom stereocenters. The quantitative estimate of drug-likeness (QED) is 0.847. The van der Waals surface area contributed by atoms with E-state index in [1.54, 1.807) is 19.4 Å². The summed E-state index contributed by atoms with van der Waals surface area (Å²) in [7, 11) is 1.65. The van der Waals surface area contributed by atoms with Gasteiger partial charge in [-0.3, -0.25) is 0 Å². The first-order valence-electron chi connectivity index (χ1n) is 5.35. The van der Waals surface area contributed by atoms with Crippen molar-refractivity contribution in [3.05, 3.63) is 34.7 Å². The Labute approximate surface area is 117 Å². The lowest BCUT2D eigenvalue weighted by atomic mass is 10.2. The van der Waals surface area contributed by atoms with E-state index in [-0.39, 0.29) is 5.82 Å². The maximum absolute atomic E-state index is 13.4. The monoisotopic (exact) mass is 330 g/mol. The van der Waals surface area contributed by atoms with Crippen LogP contribution in [-0.4, -0.2) is 25.2 Å². The van der Waals surface area contributed by atoms with Crippen LogP contribution in [0.4, 0.5) is 9.52 Å². The first kappa shape index (κ1) is 13.5. The SMILES string of the molecule is COCCNc1ncc(-c2ccc(Br)c(F)c2)s1. The summed E-state index contributed by atoms with van der Waals surface area (Å²) in [4.78, 5) is 5.17. The van der Waals surface area contributed by atoms with Crippen LogP contribution in [0.5, 0.6) is 0 Å². The van der Waals surface area contributed by atoms with Gasteiger partial charge in [0, 0.05) is 19.9 Å². The highest BCUT2D eigenvalue weighted by Gasteiger charge is 2.06. The molecular weight excluding hydrogens is 319 g/mol. The van der Waals surface area contributed by atoms with Crippen molar-refractivity contribution < 1.29 is 9.13 Å². The average Bonchev–Trinajstić information content (AvgIpc) is 2.82. The molecular formula is C12H12BrFN2OS. The van der Waals surface area contributed by atoms with Crippen LogP contribution in [0.3, 0.4) is 0 Å². The molecule has 1 aromatic heterocycles. The molecule has 18 heavy (non-hydrogen) atoms. The minimum Gasteiger partial charge on any atom is -0.383 e. The second-order valence-electron chi connectivity index (χ2n) is 3.58. The Morgan fingerprint density at radius 1 is 1.50 bits per heavy atom. The van der Waals surface area contributed by atoms with Gasteiger partial charge in [0.1, 0.15) is 5.82 Å². The molecule has 0 aliphatic carbocycles. The maximum atomic E-state index is 13.4. The molecule has 0 aliphatic rings. The number of rotatable bonds is 5. The fourth-order valence-corrected chi connectivity index (χ4v) is 2.48. The third-order valence-corrected chi connectivity index (χ3v) is 3.94.